The fourth-order valence-corrected chi connectivity index (χ4v) is 2.42. The molecule has 0 spiro atoms. The van der Waals surface area contributed by atoms with Crippen LogP contribution in [0.15, 0.2) is 6.20 Å². The number of hydrogen-bond acceptors (Lipinski definition) is 3. The molecule has 1 aromatic heterocycles. The number of aryl methyl sites for hydroxylation is 1. The molecule has 0 N–H and O–H groups in total. The van der Waals surface area contributed by atoms with Gasteiger partial charge in [-0.2, -0.15) is 5.10 Å². The smallest absolute Gasteiger partial charge is 0.398 e. The molecule has 18 heavy (non-hydrogen) atoms. The molecule has 0 atom stereocenters. The highest BCUT2D eigenvalue weighted by atomic mass is 16.7. The molecule has 1 aliphatic carbocycles. The highest BCUT2D eigenvalue weighted by molar-refractivity contribution is 6.61. The van der Waals surface area contributed by atoms with Crippen LogP contribution in [0.5, 0.6) is 0 Å². The lowest BCUT2D eigenvalue weighted by atomic mass is 9.80. The van der Waals surface area contributed by atoms with Gasteiger partial charge in [0.1, 0.15) is 0 Å². The van der Waals surface area contributed by atoms with Crippen LogP contribution in [0, 0.1) is 0 Å². The molecule has 0 aromatic carbocycles. The number of hydrogen-bond donors (Lipinski definition) is 0. The van der Waals surface area contributed by atoms with Gasteiger partial charge in [0.25, 0.3) is 0 Å². The van der Waals surface area contributed by atoms with E-state index in [2.05, 4.69) is 32.8 Å². The van der Waals surface area contributed by atoms with Gasteiger partial charge in [-0.05, 0) is 52.0 Å². The van der Waals surface area contributed by atoms with Crippen LogP contribution in [0.25, 0.3) is 0 Å². The van der Waals surface area contributed by atoms with E-state index in [9.17, 15) is 0 Å². The molecule has 4 nitrogen and oxygen atoms in total. The lowest BCUT2D eigenvalue weighted by Gasteiger charge is -2.32. The predicted octanol–water partition coefficient (Wildman–Crippen LogP) is 1.60. The fraction of sp³-hybridized carbons (Fsp3) is 0.769. The SMILES string of the molecule is Cn1ncc(C2CC2)c1B1OC(C)(C)C(C)(C)O1. The molecule has 2 fully saturated rings. The van der Waals surface area contributed by atoms with E-state index in [1.165, 1.54) is 18.4 Å². The maximum atomic E-state index is 6.12. The van der Waals surface area contributed by atoms with Crippen molar-refractivity contribution < 1.29 is 9.31 Å². The first kappa shape index (κ1) is 12.2. The van der Waals surface area contributed by atoms with Gasteiger partial charge < -0.3 is 9.31 Å². The molecule has 5 heteroatoms. The molecular formula is C13H21BN2O2. The Morgan fingerprint density at radius 1 is 1.22 bits per heavy atom. The largest absolute Gasteiger partial charge is 0.514 e. The van der Waals surface area contributed by atoms with Crippen molar-refractivity contribution in [2.24, 2.45) is 7.05 Å². The summed E-state index contributed by atoms with van der Waals surface area (Å²) in [6, 6.07) is 0. The Bertz CT molecular complexity index is 461. The summed E-state index contributed by atoms with van der Waals surface area (Å²) in [7, 11) is 1.67. The minimum atomic E-state index is -0.293. The van der Waals surface area contributed by atoms with Crippen LogP contribution in [-0.2, 0) is 16.4 Å². The second-order valence-electron chi connectivity index (χ2n) is 6.47. The zero-order valence-corrected chi connectivity index (χ0v) is 11.9. The average Bonchev–Trinajstić information content (AvgIpc) is 2.96. The van der Waals surface area contributed by atoms with E-state index >= 15 is 0 Å². The fourth-order valence-electron chi connectivity index (χ4n) is 2.42. The maximum absolute atomic E-state index is 6.12. The quantitative estimate of drug-likeness (QED) is 0.746. The van der Waals surface area contributed by atoms with Crippen molar-refractivity contribution in [1.29, 1.82) is 0 Å². The second kappa shape index (κ2) is 3.61. The molecule has 2 aliphatic rings. The molecule has 1 aromatic rings. The number of aromatic nitrogens is 2. The summed E-state index contributed by atoms with van der Waals surface area (Å²) in [4.78, 5) is 0. The molecule has 0 amide bonds. The van der Waals surface area contributed by atoms with Crippen molar-refractivity contribution >= 4 is 12.7 Å². The Hall–Kier alpha value is -0.805. The number of rotatable bonds is 2. The Labute approximate surface area is 109 Å². The number of nitrogens with zero attached hydrogens (tertiary/aromatic N) is 2. The summed E-state index contributed by atoms with van der Waals surface area (Å²) in [6.45, 7) is 8.33. The summed E-state index contributed by atoms with van der Waals surface area (Å²) in [5.41, 5.74) is 1.82. The van der Waals surface area contributed by atoms with Crippen LogP contribution in [0.1, 0.15) is 52.0 Å². The molecule has 1 saturated carbocycles. The molecule has 1 saturated heterocycles. The van der Waals surface area contributed by atoms with Crippen molar-refractivity contribution in [2.45, 2.75) is 57.7 Å². The topological polar surface area (TPSA) is 36.3 Å². The van der Waals surface area contributed by atoms with Crippen LogP contribution < -0.4 is 5.59 Å². The molecule has 98 valence electrons. The van der Waals surface area contributed by atoms with Gasteiger partial charge in [0.2, 0.25) is 0 Å². The van der Waals surface area contributed by atoms with Gasteiger partial charge in [-0.1, -0.05) is 0 Å². The van der Waals surface area contributed by atoms with Gasteiger partial charge in [-0.15, -0.1) is 0 Å². The zero-order valence-electron chi connectivity index (χ0n) is 11.9. The molecule has 0 bridgehead atoms. The van der Waals surface area contributed by atoms with Crippen molar-refractivity contribution in [1.82, 2.24) is 9.78 Å². The maximum Gasteiger partial charge on any atom is 0.514 e. The zero-order chi connectivity index (χ0) is 13.1. The van der Waals surface area contributed by atoms with Gasteiger partial charge >= 0.3 is 7.12 Å². The minimum absolute atomic E-state index is 0.289. The van der Waals surface area contributed by atoms with Gasteiger partial charge in [0.15, 0.2) is 0 Å². The second-order valence-corrected chi connectivity index (χ2v) is 6.47. The highest BCUT2D eigenvalue weighted by Crippen LogP contribution is 2.41. The standard InChI is InChI=1S/C13H21BN2O2/c1-12(2)13(3,4)18-14(17-12)11-10(9-6-7-9)8-15-16(11)5/h8-9H,6-7H2,1-5H3. The first-order valence-electron chi connectivity index (χ1n) is 6.69. The molecule has 0 unspecified atom stereocenters. The first-order valence-corrected chi connectivity index (χ1v) is 6.69. The van der Waals surface area contributed by atoms with E-state index in [-0.39, 0.29) is 18.3 Å². The first-order chi connectivity index (χ1) is 8.32. The van der Waals surface area contributed by atoms with Crippen LogP contribution in [0.2, 0.25) is 0 Å². The van der Waals surface area contributed by atoms with Crippen LogP contribution >= 0.6 is 0 Å². The van der Waals surface area contributed by atoms with E-state index in [0.29, 0.717) is 5.92 Å². The van der Waals surface area contributed by atoms with Gasteiger partial charge in [0.05, 0.1) is 23.0 Å². The summed E-state index contributed by atoms with van der Waals surface area (Å²) < 4.78 is 14.1. The lowest BCUT2D eigenvalue weighted by Crippen LogP contribution is -2.41. The van der Waals surface area contributed by atoms with Crippen molar-refractivity contribution in [3.63, 3.8) is 0 Å². The Balaban J connectivity index is 1.95. The van der Waals surface area contributed by atoms with E-state index in [1.54, 1.807) is 0 Å². The van der Waals surface area contributed by atoms with Crippen LogP contribution in [-0.4, -0.2) is 28.1 Å². The van der Waals surface area contributed by atoms with Crippen LogP contribution in [0.4, 0.5) is 0 Å². The van der Waals surface area contributed by atoms with Crippen molar-refractivity contribution in [2.75, 3.05) is 0 Å². The Morgan fingerprint density at radius 3 is 2.28 bits per heavy atom. The monoisotopic (exact) mass is 248 g/mol. The van der Waals surface area contributed by atoms with Crippen molar-refractivity contribution in [3.05, 3.63) is 11.8 Å². The molecular weight excluding hydrogens is 227 g/mol. The normalized spacial score (nSPS) is 25.7. The average molecular weight is 248 g/mol. The van der Waals surface area contributed by atoms with E-state index in [1.807, 2.05) is 17.9 Å². The highest BCUT2D eigenvalue weighted by Gasteiger charge is 2.53. The minimum Gasteiger partial charge on any atom is -0.398 e. The molecule has 3 rings (SSSR count). The van der Waals surface area contributed by atoms with Gasteiger partial charge in [-0.3, -0.25) is 4.68 Å². The van der Waals surface area contributed by atoms with Gasteiger partial charge in [0, 0.05) is 7.05 Å². The van der Waals surface area contributed by atoms with Gasteiger partial charge in [-0.25, -0.2) is 0 Å². The summed E-state index contributed by atoms with van der Waals surface area (Å²) in [5.74, 6) is 0.660. The molecule has 0 radical (unpaired) electrons. The third-order valence-corrected chi connectivity index (χ3v) is 4.51. The summed E-state index contributed by atoms with van der Waals surface area (Å²) in [5, 5.41) is 4.37. The van der Waals surface area contributed by atoms with E-state index in [0.717, 1.165) is 5.59 Å². The Kier molecular flexibility index (Phi) is 2.45. The molecule has 1 aliphatic heterocycles. The third kappa shape index (κ3) is 1.72. The summed E-state index contributed by atoms with van der Waals surface area (Å²) in [6.07, 6.45) is 4.49. The van der Waals surface area contributed by atoms with E-state index in [4.69, 9.17) is 9.31 Å². The summed E-state index contributed by atoms with van der Waals surface area (Å²) >= 11 is 0. The van der Waals surface area contributed by atoms with Crippen molar-refractivity contribution in [3.8, 4) is 0 Å². The lowest BCUT2D eigenvalue weighted by molar-refractivity contribution is 0.00578. The third-order valence-electron chi connectivity index (χ3n) is 4.51. The molecule has 2 heterocycles. The van der Waals surface area contributed by atoms with Crippen LogP contribution in [0.3, 0.4) is 0 Å². The predicted molar refractivity (Wildman–Crippen MR) is 70.9 cm³/mol. The Morgan fingerprint density at radius 2 is 1.78 bits per heavy atom. The van der Waals surface area contributed by atoms with E-state index < -0.39 is 0 Å².